The summed E-state index contributed by atoms with van der Waals surface area (Å²) in [4.78, 5) is 8.24. The molecule has 0 bridgehead atoms. The molecule has 0 saturated carbocycles. The zero-order valence-corrected chi connectivity index (χ0v) is 10.00. The summed E-state index contributed by atoms with van der Waals surface area (Å²) in [6, 6.07) is 5.11. The molecule has 3 rings (SSSR count). The van der Waals surface area contributed by atoms with Crippen molar-refractivity contribution in [2.24, 2.45) is 0 Å². The van der Waals surface area contributed by atoms with Gasteiger partial charge in [0.2, 0.25) is 6.79 Å². The molecule has 6 heteroatoms. The zero-order chi connectivity index (χ0) is 11.8. The topological polar surface area (TPSA) is 44.2 Å². The van der Waals surface area contributed by atoms with Gasteiger partial charge in [-0.2, -0.15) is 0 Å². The van der Waals surface area contributed by atoms with E-state index < -0.39 is 0 Å². The molecule has 0 saturated heterocycles. The van der Waals surface area contributed by atoms with Crippen molar-refractivity contribution in [1.82, 2.24) is 9.97 Å². The van der Waals surface area contributed by atoms with Crippen LogP contribution in [0, 0.1) is 0 Å². The molecule has 0 atom stereocenters. The molecule has 0 fully saturated rings. The molecule has 2 aromatic rings. The SMILES string of the molecule is Clc1ccnc(-c2cc(Cl)c3c(c2)OCO3)n1. The van der Waals surface area contributed by atoms with Crippen LogP contribution in [-0.2, 0) is 0 Å². The predicted molar refractivity (Wildman–Crippen MR) is 63.6 cm³/mol. The standard InChI is InChI=1S/C11H6Cl2N2O2/c12-7-3-6(4-8-10(7)17-5-16-8)11-14-2-1-9(13)15-11/h1-4H,5H2. The van der Waals surface area contributed by atoms with E-state index >= 15 is 0 Å². The first-order valence-corrected chi connectivity index (χ1v) is 5.58. The van der Waals surface area contributed by atoms with E-state index in [0.29, 0.717) is 27.5 Å². The number of ether oxygens (including phenoxy) is 2. The van der Waals surface area contributed by atoms with Gasteiger partial charge in [0.1, 0.15) is 5.15 Å². The Morgan fingerprint density at radius 2 is 2.06 bits per heavy atom. The Balaban J connectivity index is 2.13. The zero-order valence-electron chi connectivity index (χ0n) is 8.48. The smallest absolute Gasteiger partial charge is 0.231 e. The molecule has 4 nitrogen and oxygen atoms in total. The molecule has 17 heavy (non-hydrogen) atoms. The van der Waals surface area contributed by atoms with Crippen LogP contribution in [-0.4, -0.2) is 16.8 Å². The number of rotatable bonds is 1. The van der Waals surface area contributed by atoms with Gasteiger partial charge in [-0.25, -0.2) is 9.97 Å². The molecular formula is C11H6Cl2N2O2. The van der Waals surface area contributed by atoms with E-state index in [2.05, 4.69) is 9.97 Å². The van der Waals surface area contributed by atoms with E-state index in [0.717, 1.165) is 5.56 Å². The van der Waals surface area contributed by atoms with Crippen LogP contribution in [0.3, 0.4) is 0 Å². The molecule has 1 aromatic heterocycles. The van der Waals surface area contributed by atoms with Gasteiger partial charge in [-0.3, -0.25) is 0 Å². The third-order valence-electron chi connectivity index (χ3n) is 2.31. The van der Waals surface area contributed by atoms with Gasteiger partial charge in [0.15, 0.2) is 17.3 Å². The maximum Gasteiger partial charge on any atom is 0.231 e. The van der Waals surface area contributed by atoms with Crippen LogP contribution in [0.1, 0.15) is 0 Å². The Morgan fingerprint density at radius 3 is 2.88 bits per heavy atom. The third kappa shape index (κ3) is 1.90. The first kappa shape index (κ1) is 10.6. The molecule has 0 aliphatic carbocycles. The second-order valence-electron chi connectivity index (χ2n) is 3.39. The largest absolute Gasteiger partial charge is 0.454 e. The second kappa shape index (κ2) is 4.05. The highest BCUT2D eigenvalue weighted by molar-refractivity contribution is 6.32. The lowest BCUT2D eigenvalue weighted by molar-refractivity contribution is 0.174. The van der Waals surface area contributed by atoms with E-state index in [4.69, 9.17) is 32.7 Å². The fraction of sp³-hybridized carbons (Fsp3) is 0.0909. The van der Waals surface area contributed by atoms with E-state index in [-0.39, 0.29) is 6.79 Å². The third-order valence-corrected chi connectivity index (χ3v) is 2.80. The number of benzene rings is 1. The average molecular weight is 269 g/mol. The highest BCUT2D eigenvalue weighted by Gasteiger charge is 2.19. The molecule has 0 amide bonds. The number of nitrogens with zero attached hydrogens (tertiary/aromatic N) is 2. The summed E-state index contributed by atoms with van der Waals surface area (Å²) in [7, 11) is 0. The van der Waals surface area contributed by atoms with Crippen LogP contribution >= 0.6 is 23.2 Å². The summed E-state index contributed by atoms with van der Waals surface area (Å²) in [5.41, 5.74) is 0.738. The average Bonchev–Trinajstić information content (AvgIpc) is 2.77. The van der Waals surface area contributed by atoms with E-state index in [1.54, 1.807) is 24.4 Å². The van der Waals surface area contributed by atoms with E-state index in [1.165, 1.54) is 0 Å². The van der Waals surface area contributed by atoms with Gasteiger partial charge in [0.25, 0.3) is 0 Å². The van der Waals surface area contributed by atoms with Gasteiger partial charge in [0.05, 0.1) is 5.02 Å². The van der Waals surface area contributed by atoms with Crippen LogP contribution in [0.15, 0.2) is 24.4 Å². The maximum atomic E-state index is 6.07. The molecule has 0 N–H and O–H groups in total. The lowest BCUT2D eigenvalue weighted by Gasteiger charge is -2.04. The second-order valence-corrected chi connectivity index (χ2v) is 4.19. The first-order chi connectivity index (χ1) is 8.24. The minimum absolute atomic E-state index is 0.176. The summed E-state index contributed by atoms with van der Waals surface area (Å²) in [6.45, 7) is 0.176. The van der Waals surface area contributed by atoms with Crippen LogP contribution in [0.2, 0.25) is 10.2 Å². The Hall–Kier alpha value is -1.52. The lowest BCUT2D eigenvalue weighted by Crippen LogP contribution is -1.93. The Kier molecular flexibility index (Phi) is 2.53. The number of fused-ring (bicyclic) bond motifs is 1. The summed E-state index contributed by atoms with van der Waals surface area (Å²) < 4.78 is 10.5. The maximum absolute atomic E-state index is 6.07. The van der Waals surface area contributed by atoms with Crippen molar-refractivity contribution in [3.63, 3.8) is 0 Å². The number of hydrogen-bond acceptors (Lipinski definition) is 4. The highest BCUT2D eigenvalue weighted by atomic mass is 35.5. The molecule has 0 unspecified atom stereocenters. The van der Waals surface area contributed by atoms with Gasteiger partial charge in [-0.1, -0.05) is 23.2 Å². The molecular weight excluding hydrogens is 263 g/mol. The van der Waals surface area contributed by atoms with Gasteiger partial charge in [0, 0.05) is 11.8 Å². The summed E-state index contributed by atoms with van der Waals surface area (Å²) >= 11 is 11.9. The number of hydrogen-bond donors (Lipinski definition) is 0. The van der Waals surface area contributed by atoms with Gasteiger partial charge >= 0.3 is 0 Å². The number of aromatic nitrogens is 2. The van der Waals surface area contributed by atoms with Crippen LogP contribution < -0.4 is 9.47 Å². The van der Waals surface area contributed by atoms with Gasteiger partial charge in [-0.05, 0) is 18.2 Å². The quantitative estimate of drug-likeness (QED) is 0.746. The lowest BCUT2D eigenvalue weighted by atomic mass is 10.2. The molecule has 2 heterocycles. The van der Waals surface area contributed by atoms with E-state index in [1.807, 2.05) is 0 Å². The Labute approximate surface area is 107 Å². The Morgan fingerprint density at radius 1 is 1.18 bits per heavy atom. The van der Waals surface area contributed by atoms with Gasteiger partial charge < -0.3 is 9.47 Å². The molecule has 1 aliphatic rings. The van der Waals surface area contributed by atoms with Crippen LogP contribution in [0.5, 0.6) is 11.5 Å². The van der Waals surface area contributed by atoms with Crippen molar-refractivity contribution in [3.05, 3.63) is 34.6 Å². The first-order valence-electron chi connectivity index (χ1n) is 4.82. The van der Waals surface area contributed by atoms with Gasteiger partial charge in [-0.15, -0.1) is 0 Å². The molecule has 86 valence electrons. The normalized spacial score (nSPS) is 12.8. The van der Waals surface area contributed by atoms with Crippen molar-refractivity contribution in [2.45, 2.75) is 0 Å². The fourth-order valence-electron chi connectivity index (χ4n) is 1.57. The fourth-order valence-corrected chi connectivity index (χ4v) is 1.97. The summed E-state index contributed by atoms with van der Waals surface area (Å²) in [6.07, 6.45) is 1.59. The molecule has 1 aromatic carbocycles. The van der Waals surface area contributed by atoms with Crippen molar-refractivity contribution < 1.29 is 9.47 Å². The van der Waals surface area contributed by atoms with Crippen molar-refractivity contribution in [2.75, 3.05) is 6.79 Å². The summed E-state index contributed by atoms with van der Waals surface area (Å²) in [5, 5.41) is 0.849. The summed E-state index contributed by atoms with van der Waals surface area (Å²) in [5.74, 6) is 1.64. The van der Waals surface area contributed by atoms with Crippen molar-refractivity contribution in [1.29, 1.82) is 0 Å². The minimum Gasteiger partial charge on any atom is -0.454 e. The molecule has 0 spiro atoms. The highest BCUT2D eigenvalue weighted by Crippen LogP contribution is 2.41. The monoisotopic (exact) mass is 268 g/mol. The molecule has 1 aliphatic heterocycles. The number of halogens is 2. The molecule has 0 radical (unpaired) electrons. The predicted octanol–water partition coefficient (Wildman–Crippen LogP) is 3.18. The van der Waals surface area contributed by atoms with E-state index in [9.17, 15) is 0 Å². The van der Waals surface area contributed by atoms with Crippen LogP contribution in [0.4, 0.5) is 0 Å². The van der Waals surface area contributed by atoms with Crippen molar-refractivity contribution in [3.8, 4) is 22.9 Å². The van der Waals surface area contributed by atoms with Crippen molar-refractivity contribution >= 4 is 23.2 Å². The Bertz CT molecular complexity index is 590. The minimum atomic E-state index is 0.176. The van der Waals surface area contributed by atoms with Crippen LogP contribution in [0.25, 0.3) is 11.4 Å².